The van der Waals surface area contributed by atoms with Crippen molar-refractivity contribution in [1.29, 1.82) is 0 Å². The highest BCUT2D eigenvalue weighted by Crippen LogP contribution is 2.17. The molecule has 1 aliphatic rings. The molecule has 0 spiro atoms. The number of alkyl carbamates (subject to hydrolysis) is 1. The minimum absolute atomic E-state index is 0. The molecule has 0 bridgehead atoms. The Morgan fingerprint density at radius 1 is 1.10 bits per heavy atom. The average molecular weight is 547 g/mol. The van der Waals surface area contributed by atoms with Crippen molar-refractivity contribution in [3.63, 3.8) is 0 Å². The van der Waals surface area contributed by atoms with Gasteiger partial charge in [0.05, 0.1) is 19.8 Å². The number of hydrogen-bond acceptors (Lipinski definition) is 5. The summed E-state index contributed by atoms with van der Waals surface area (Å²) in [4.78, 5) is 18.6. The molecule has 1 fully saturated rings. The third kappa shape index (κ3) is 11.4. The third-order valence-corrected chi connectivity index (χ3v) is 4.39. The van der Waals surface area contributed by atoms with E-state index < -0.39 is 5.60 Å². The molecule has 0 radical (unpaired) electrons. The van der Waals surface area contributed by atoms with Gasteiger partial charge in [-0.1, -0.05) is 12.1 Å². The van der Waals surface area contributed by atoms with Gasteiger partial charge in [-0.2, -0.15) is 0 Å². The summed E-state index contributed by atoms with van der Waals surface area (Å²) < 4.78 is 10.6. The molecule has 1 aromatic rings. The fraction of sp³-hybridized carbons (Fsp3) is 0.636. The van der Waals surface area contributed by atoms with Crippen molar-refractivity contribution in [2.45, 2.75) is 46.3 Å². The van der Waals surface area contributed by atoms with Crippen molar-refractivity contribution in [2.75, 3.05) is 50.8 Å². The molecule has 0 aromatic heterocycles. The molecule has 1 saturated heterocycles. The summed E-state index contributed by atoms with van der Waals surface area (Å²) in [5.74, 6) is 0.770. The van der Waals surface area contributed by atoms with E-state index in [-0.39, 0.29) is 30.1 Å². The number of guanidine groups is 1. The van der Waals surface area contributed by atoms with Gasteiger partial charge in [0.15, 0.2) is 5.96 Å². The van der Waals surface area contributed by atoms with Crippen LogP contribution in [-0.2, 0) is 16.0 Å². The second-order valence-corrected chi connectivity index (χ2v) is 8.17. The normalized spacial score (nSPS) is 14.5. The molecule has 0 atom stereocenters. The number of halogens is 1. The molecule has 0 unspecified atom stereocenters. The Bertz CT molecular complexity index is 671. The fourth-order valence-electron chi connectivity index (χ4n) is 2.95. The number of benzene rings is 1. The van der Waals surface area contributed by atoms with E-state index in [0.29, 0.717) is 19.6 Å². The molecule has 0 aliphatic carbocycles. The van der Waals surface area contributed by atoms with Crippen LogP contribution < -0.4 is 20.9 Å². The summed E-state index contributed by atoms with van der Waals surface area (Å²) in [6.45, 7) is 13.7. The zero-order valence-electron chi connectivity index (χ0n) is 19.2. The molecule has 176 valence electrons. The summed E-state index contributed by atoms with van der Waals surface area (Å²) in [6.07, 6.45) is 0.390. The molecular weight excluding hydrogens is 509 g/mol. The first-order valence-corrected chi connectivity index (χ1v) is 10.8. The van der Waals surface area contributed by atoms with Crippen molar-refractivity contribution < 1.29 is 14.3 Å². The lowest BCUT2D eigenvalue weighted by Gasteiger charge is -2.28. The minimum atomic E-state index is -0.479. The topological polar surface area (TPSA) is 87.2 Å². The maximum atomic E-state index is 11.6. The smallest absolute Gasteiger partial charge is 0.407 e. The van der Waals surface area contributed by atoms with Gasteiger partial charge in [0.25, 0.3) is 0 Å². The number of nitrogens with zero attached hydrogens (tertiary/aromatic N) is 2. The predicted molar refractivity (Wildman–Crippen MR) is 137 cm³/mol. The Balaban J connectivity index is 0.00000480. The summed E-state index contributed by atoms with van der Waals surface area (Å²) in [7, 11) is 0. The lowest BCUT2D eigenvalue weighted by atomic mass is 10.2. The van der Waals surface area contributed by atoms with E-state index in [1.807, 2.05) is 27.7 Å². The van der Waals surface area contributed by atoms with E-state index in [9.17, 15) is 4.79 Å². The Morgan fingerprint density at radius 3 is 2.35 bits per heavy atom. The number of rotatable bonds is 8. The number of morpholine rings is 1. The van der Waals surface area contributed by atoms with Gasteiger partial charge < -0.3 is 30.3 Å². The number of aliphatic imine (C=N–C) groups is 1. The molecule has 31 heavy (non-hydrogen) atoms. The van der Waals surface area contributed by atoms with Gasteiger partial charge in [0, 0.05) is 38.4 Å². The molecule has 9 heteroatoms. The van der Waals surface area contributed by atoms with Crippen LogP contribution in [0, 0.1) is 0 Å². The summed E-state index contributed by atoms with van der Waals surface area (Å²) in [6, 6.07) is 8.56. The van der Waals surface area contributed by atoms with Crippen LogP contribution in [0.4, 0.5) is 10.5 Å². The minimum Gasteiger partial charge on any atom is -0.444 e. The van der Waals surface area contributed by atoms with Crippen LogP contribution in [0.15, 0.2) is 29.3 Å². The Hall–Kier alpha value is -1.75. The Morgan fingerprint density at radius 2 is 1.74 bits per heavy atom. The van der Waals surface area contributed by atoms with Crippen molar-refractivity contribution >= 4 is 41.7 Å². The van der Waals surface area contributed by atoms with Gasteiger partial charge in [-0.05, 0) is 51.8 Å². The summed E-state index contributed by atoms with van der Waals surface area (Å²) >= 11 is 0. The quantitative estimate of drug-likeness (QED) is 0.201. The number of anilines is 1. The molecule has 2 rings (SSSR count). The second-order valence-electron chi connectivity index (χ2n) is 8.17. The van der Waals surface area contributed by atoms with Gasteiger partial charge in [-0.3, -0.25) is 0 Å². The SMILES string of the molecule is CCNC(=NCc1ccc(N2CCOCC2)cc1)NCCCNC(=O)OC(C)(C)C.I. The molecule has 3 N–H and O–H groups in total. The number of carbonyl (C=O) groups is 1. The van der Waals surface area contributed by atoms with Crippen molar-refractivity contribution in [3.05, 3.63) is 29.8 Å². The predicted octanol–water partition coefficient (Wildman–Crippen LogP) is 3.11. The van der Waals surface area contributed by atoms with Gasteiger partial charge in [0.2, 0.25) is 0 Å². The standard InChI is InChI=1S/C22H37N5O3.HI/c1-5-23-20(24-11-6-12-25-21(28)30-22(2,3)4)26-17-18-7-9-19(10-8-18)27-13-15-29-16-14-27;/h7-10H,5-6,11-17H2,1-4H3,(H,25,28)(H2,23,24,26);1H. The lowest BCUT2D eigenvalue weighted by Crippen LogP contribution is -2.39. The molecule has 1 amide bonds. The largest absolute Gasteiger partial charge is 0.444 e. The average Bonchev–Trinajstić information content (AvgIpc) is 2.71. The van der Waals surface area contributed by atoms with Gasteiger partial charge in [0.1, 0.15) is 5.60 Å². The molecule has 0 saturated carbocycles. The monoisotopic (exact) mass is 547 g/mol. The number of amides is 1. The van der Waals surface area contributed by atoms with E-state index in [4.69, 9.17) is 9.47 Å². The van der Waals surface area contributed by atoms with Crippen LogP contribution in [0.1, 0.15) is 39.7 Å². The van der Waals surface area contributed by atoms with Crippen molar-refractivity contribution in [1.82, 2.24) is 16.0 Å². The maximum absolute atomic E-state index is 11.6. The molecule has 1 aromatic carbocycles. The number of hydrogen-bond donors (Lipinski definition) is 3. The highest BCUT2D eigenvalue weighted by molar-refractivity contribution is 14.0. The maximum Gasteiger partial charge on any atom is 0.407 e. The number of carbonyl (C=O) groups excluding carboxylic acids is 1. The lowest BCUT2D eigenvalue weighted by molar-refractivity contribution is 0.0527. The van der Waals surface area contributed by atoms with E-state index in [2.05, 4.69) is 50.1 Å². The number of nitrogens with one attached hydrogen (secondary N) is 3. The van der Waals surface area contributed by atoms with Gasteiger partial charge in [-0.15, -0.1) is 24.0 Å². The molecule has 1 aliphatic heterocycles. The van der Waals surface area contributed by atoms with Crippen molar-refractivity contribution in [3.8, 4) is 0 Å². The van der Waals surface area contributed by atoms with Gasteiger partial charge >= 0.3 is 6.09 Å². The van der Waals surface area contributed by atoms with E-state index in [0.717, 1.165) is 50.8 Å². The van der Waals surface area contributed by atoms with E-state index in [1.54, 1.807) is 0 Å². The Kier molecular flexibility index (Phi) is 12.6. The molecule has 8 nitrogen and oxygen atoms in total. The highest BCUT2D eigenvalue weighted by Gasteiger charge is 2.15. The van der Waals surface area contributed by atoms with Crippen LogP contribution in [0.3, 0.4) is 0 Å². The van der Waals surface area contributed by atoms with Crippen LogP contribution in [0.5, 0.6) is 0 Å². The second kappa shape index (κ2) is 14.3. The highest BCUT2D eigenvalue weighted by atomic mass is 127. The third-order valence-electron chi connectivity index (χ3n) is 4.39. The van der Waals surface area contributed by atoms with Crippen LogP contribution >= 0.6 is 24.0 Å². The first kappa shape index (κ1) is 27.3. The van der Waals surface area contributed by atoms with Gasteiger partial charge in [-0.25, -0.2) is 9.79 Å². The molecule has 1 heterocycles. The van der Waals surface area contributed by atoms with E-state index in [1.165, 1.54) is 5.69 Å². The number of ether oxygens (including phenoxy) is 2. The summed E-state index contributed by atoms with van der Waals surface area (Å²) in [5, 5.41) is 9.31. The van der Waals surface area contributed by atoms with Crippen LogP contribution in [0.25, 0.3) is 0 Å². The summed E-state index contributed by atoms with van der Waals surface area (Å²) in [5.41, 5.74) is 1.91. The zero-order valence-corrected chi connectivity index (χ0v) is 21.5. The first-order valence-electron chi connectivity index (χ1n) is 10.8. The van der Waals surface area contributed by atoms with E-state index >= 15 is 0 Å². The van der Waals surface area contributed by atoms with Crippen LogP contribution in [0.2, 0.25) is 0 Å². The fourth-order valence-corrected chi connectivity index (χ4v) is 2.95. The van der Waals surface area contributed by atoms with Crippen molar-refractivity contribution in [2.24, 2.45) is 4.99 Å². The van der Waals surface area contributed by atoms with Crippen LogP contribution in [-0.4, -0.2) is 63.6 Å². The zero-order chi connectivity index (χ0) is 21.8. The first-order chi connectivity index (χ1) is 14.4. The Labute approximate surface area is 203 Å². The molecular formula is C22H38IN5O3.